The van der Waals surface area contributed by atoms with Crippen LogP contribution in [-0.2, 0) is 4.79 Å². The summed E-state index contributed by atoms with van der Waals surface area (Å²) in [5.74, 6) is -0.232. The van der Waals surface area contributed by atoms with Crippen molar-refractivity contribution >= 4 is 29.2 Å². The minimum absolute atomic E-state index is 0.232. The lowest BCUT2D eigenvalue weighted by molar-refractivity contribution is -0.123. The van der Waals surface area contributed by atoms with Gasteiger partial charge in [-0.15, -0.1) is 5.10 Å². The van der Waals surface area contributed by atoms with Gasteiger partial charge in [0, 0.05) is 22.2 Å². The summed E-state index contributed by atoms with van der Waals surface area (Å²) in [4.78, 5) is 23.9. The lowest BCUT2D eigenvalue weighted by Crippen LogP contribution is -2.51. The van der Waals surface area contributed by atoms with E-state index in [1.165, 1.54) is 11.5 Å². The van der Waals surface area contributed by atoms with Gasteiger partial charge in [-0.3, -0.25) is 4.79 Å². The molecule has 8 heteroatoms. The molecule has 1 heterocycles. The Bertz CT molecular complexity index is 692. The number of aromatic nitrogens is 2. The minimum Gasteiger partial charge on any atom is -0.350 e. The Labute approximate surface area is 145 Å². The van der Waals surface area contributed by atoms with Crippen molar-refractivity contribution in [3.63, 3.8) is 0 Å². The molecule has 0 aliphatic rings. The second kappa shape index (κ2) is 7.39. The molecule has 0 aliphatic heterocycles. The number of urea groups is 1. The van der Waals surface area contributed by atoms with E-state index in [1.807, 2.05) is 38.3 Å². The lowest BCUT2D eigenvalue weighted by Gasteiger charge is -2.23. The van der Waals surface area contributed by atoms with Crippen molar-refractivity contribution in [1.29, 1.82) is 0 Å². The Hall–Kier alpha value is -2.48. The molecule has 0 radical (unpaired) electrons. The number of hydrogen-bond donors (Lipinski definition) is 3. The van der Waals surface area contributed by atoms with Crippen molar-refractivity contribution in [3.05, 3.63) is 29.6 Å². The first kappa shape index (κ1) is 17.9. The smallest absolute Gasteiger partial charge is 0.319 e. The van der Waals surface area contributed by atoms with Gasteiger partial charge >= 0.3 is 6.03 Å². The molecule has 0 spiro atoms. The van der Waals surface area contributed by atoms with Crippen molar-refractivity contribution in [3.8, 4) is 11.3 Å². The van der Waals surface area contributed by atoms with Crippen molar-refractivity contribution in [2.45, 2.75) is 39.3 Å². The molecular formula is C16H21N5O2S. The Morgan fingerprint density at radius 2 is 1.83 bits per heavy atom. The van der Waals surface area contributed by atoms with Crippen LogP contribution >= 0.6 is 11.5 Å². The first-order valence-corrected chi connectivity index (χ1v) is 8.35. The molecule has 0 saturated heterocycles. The molecule has 0 aliphatic carbocycles. The number of nitrogens with one attached hydrogen (secondary N) is 3. The minimum atomic E-state index is -0.635. The molecule has 2 aromatic rings. The monoisotopic (exact) mass is 347 g/mol. The highest BCUT2D eigenvalue weighted by Crippen LogP contribution is 2.19. The van der Waals surface area contributed by atoms with Crippen molar-refractivity contribution < 1.29 is 9.59 Å². The molecule has 2 rings (SSSR count). The van der Waals surface area contributed by atoms with Gasteiger partial charge in [0.15, 0.2) is 0 Å². The standard InChI is InChI=1S/C16H21N5O2S/c1-10(14(22)19-16(2,3)4)17-15(23)18-12-7-5-11(6-8-12)13-9-24-21-20-13/h5-10H,1-4H3,(H,19,22)(H2,17,18,23)/t10-/m0/s1. The summed E-state index contributed by atoms with van der Waals surface area (Å²) in [6, 6.07) is 6.17. The van der Waals surface area contributed by atoms with Crippen LogP contribution in [-0.4, -0.2) is 33.1 Å². The summed E-state index contributed by atoms with van der Waals surface area (Å²) < 4.78 is 3.82. The first-order chi connectivity index (χ1) is 11.2. The summed E-state index contributed by atoms with van der Waals surface area (Å²) in [6.45, 7) is 7.30. The van der Waals surface area contributed by atoms with E-state index in [9.17, 15) is 9.59 Å². The van der Waals surface area contributed by atoms with E-state index >= 15 is 0 Å². The molecule has 1 aromatic carbocycles. The normalized spacial score (nSPS) is 12.3. The SMILES string of the molecule is C[C@H](NC(=O)Nc1ccc(-c2csnn2)cc1)C(=O)NC(C)(C)C. The fourth-order valence-corrected chi connectivity index (χ4v) is 2.39. The fraction of sp³-hybridized carbons (Fsp3) is 0.375. The number of anilines is 1. The second-order valence-corrected chi connectivity index (χ2v) is 7.04. The average Bonchev–Trinajstić information content (AvgIpc) is 3.00. The summed E-state index contributed by atoms with van der Waals surface area (Å²) >= 11 is 1.28. The van der Waals surface area contributed by atoms with E-state index in [0.717, 1.165) is 11.3 Å². The first-order valence-electron chi connectivity index (χ1n) is 7.51. The predicted molar refractivity (Wildman–Crippen MR) is 94.9 cm³/mol. The van der Waals surface area contributed by atoms with E-state index in [0.29, 0.717) is 5.69 Å². The van der Waals surface area contributed by atoms with Crippen LogP contribution in [0.5, 0.6) is 0 Å². The van der Waals surface area contributed by atoms with Crippen LogP contribution in [0.4, 0.5) is 10.5 Å². The molecule has 1 aromatic heterocycles. The number of hydrogen-bond acceptors (Lipinski definition) is 5. The Balaban J connectivity index is 1.89. The number of benzene rings is 1. The van der Waals surface area contributed by atoms with Crippen molar-refractivity contribution in [1.82, 2.24) is 20.2 Å². The molecule has 0 fully saturated rings. The van der Waals surface area contributed by atoms with Crippen molar-refractivity contribution in [2.24, 2.45) is 0 Å². The van der Waals surface area contributed by atoms with Crippen LogP contribution in [0, 0.1) is 0 Å². The van der Waals surface area contributed by atoms with Gasteiger partial charge in [-0.1, -0.05) is 16.6 Å². The van der Waals surface area contributed by atoms with E-state index in [-0.39, 0.29) is 11.4 Å². The largest absolute Gasteiger partial charge is 0.350 e. The van der Waals surface area contributed by atoms with Gasteiger partial charge in [0.2, 0.25) is 5.91 Å². The van der Waals surface area contributed by atoms with Crippen LogP contribution in [0.1, 0.15) is 27.7 Å². The van der Waals surface area contributed by atoms with Gasteiger partial charge in [-0.05, 0) is 51.4 Å². The zero-order chi connectivity index (χ0) is 17.7. The number of rotatable bonds is 4. The Kier molecular flexibility index (Phi) is 5.50. The number of amides is 3. The van der Waals surface area contributed by atoms with Crippen LogP contribution in [0.15, 0.2) is 29.6 Å². The van der Waals surface area contributed by atoms with Crippen LogP contribution in [0.3, 0.4) is 0 Å². The molecule has 0 saturated carbocycles. The zero-order valence-electron chi connectivity index (χ0n) is 14.1. The summed E-state index contributed by atoms with van der Waals surface area (Å²) in [7, 11) is 0. The Morgan fingerprint density at radius 1 is 1.17 bits per heavy atom. The summed E-state index contributed by atoms with van der Waals surface area (Å²) in [5, 5.41) is 14.0. The topological polar surface area (TPSA) is 96.0 Å². The van der Waals surface area contributed by atoms with Gasteiger partial charge in [-0.2, -0.15) is 0 Å². The van der Waals surface area contributed by atoms with Crippen molar-refractivity contribution in [2.75, 3.05) is 5.32 Å². The highest BCUT2D eigenvalue weighted by atomic mass is 32.1. The van der Waals surface area contributed by atoms with Gasteiger partial charge in [0.1, 0.15) is 11.7 Å². The van der Waals surface area contributed by atoms with Crippen LogP contribution in [0.25, 0.3) is 11.3 Å². The molecule has 24 heavy (non-hydrogen) atoms. The molecule has 3 N–H and O–H groups in total. The molecule has 0 unspecified atom stereocenters. The number of nitrogens with zero attached hydrogens (tertiary/aromatic N) is 2. The molecule has 7 nitrogen and oxygen atoms in total. The third-order valence-corrected chi connectivity index (χ3v) is 3.54. The molecule has 0 bridgehead atoms. The molecule has 128 valence electrons. The molecular weight excluding hydrogens is 326 g/mol. The van der Waals surface area contributed by atoms with Crippen LogP contribution in [0.2, 0.25) is 0 Å². The zero-order valence-corrected chi connectivity index (χ0v) is 14.9. The van der Waals surface area contributed by atoms with E-state index in [4.69, 9.17) is 0 Å². The van der Waals surface area contributed by atoms with E-state index in [1.54, 1.807) is 19.1 Å². The highest BCUT2D eigenvalue weighted by molar-refractivity contribution is 7.03. The van der Waals surface area contributed by atoms with Gasteiger partial charge < -0.3 is 16.0 Å². The second-order valence-electron chi connectivity index (χ2n) is 6.43. The van der Waals surface area contributed by atoms with Gasteiger partial charge in [-0.25, -0.2) is 4.79 Å². The number of carbonyl (C=O) groups excluding carboxylic acids is 2. The predicted octanol–water partition coefficient (Wildman–Crippen LogP) is 2.63. The van der Waals surface area contributed by atoms with E-state index < -0.39 is 12.1 Å². The summed E-state index contributed by atoms with van der Waals surface area (Å²) in [5.41, 5.74) is 2.00. The molecule has 1 atom stereocenters. The maximum Gasteiger partial charge on any atom is 0.319 e. The third-order valence-electron chi connectivity index (χ3n) is 3.04. The lowest BCUT2D eigenvalue weighted by atomic mass is 10.1. The quantitative estimate of drug-likeness (QED) is 0.792. The average molecular weight is 347 g/mol. The molecule has 3 amide bonds. The van der Waals surface area contributed by atoms with Crippen LogP contribution < -0.4 is 16.0 Å². The fourth-order valence-electron chi connectivity index (χ4n) is 1.92. The Morgan fingerprint density at radius 3 is 2.38 bits per heavy atom. The number of carbonyl (C=O) groups is 2. The maximum absolute atomic E-state index is 12.0. The van der Waals surface area contributed by atoms with Gasteiger partial charge in [0.25, 0.3) is 0 Å². The maximum atomic E-state index is 12.0. The highest BCUT2D eigenvalue weighted by Gasteiger charge is 2.20. The third kappa shape index (κ3) is 5.31. The van der Waals surface area contributed by atoms with Gasteiger partial charge in [0.05, 0.1) is 0 Å². The summed E-state index contributed by atoms with van der Waals surface area (Å²) in [6.07, 6.45) is 0. The van der Waals surface area contributed by atoms with E-state index in [2.05, 4.69) is 25.5 Å².